The largest absolute Gasteiger partial charge is 0.389 e. The molecule has 0 atom stereocenters. The summed E-state index contributed by atoms with van der Waals surface area (Å²) in [4.78, 5) is 0.141. The lowest BCUT2D eigenvalue weighted by Gasteiger charge is -2.07. The van der Waals surface area contributed by atoms with Crippen LogP contribution in [0.4, 0.5) is 0 Å². The van der Waals surface area contributed by atoms with Crippen molar-refractivity contribution in [3.05, 3.63) is 40.0 Å². The molecule has 82 valence electrons. The van der Waals surface area contributed by atoms with Gasteiger partial charge in [-0.3, -0.25) is 0 Å². The molecule has 16 heavy (non-hydrogen) atoms. The summed E-state index contributed by atoms with van der Waals surface area (Å²) in [5, 5.41) is 8.91. The van der Waals surface area contributed by atoms with Crippen LogP contribution in [0.2, 0.25) is 0 Å². The molecule has 1 rings (SSSR count). The SMILES string of the molecule is Cc1cc(C)c(/C=C(\C#N)C(N)=S)c(C)c1. The molecule has 0 aliphatic carbocycles. The van der Waals surface area contributed by atoms with E-state index in [2.05, 4.69) is 12.1 Å². The minimum Gasteiger partial charge on any atom is -0.389 e. The fourth-order valence-electron chi connectivity index (χ4n) is 1.72. The molecule has 2 N–H and O–H groups in total. The van der Waals surface area contributed by atoms with Crippen molar-refractivity contribution in [1.82, 2.24) is 0 Å². The molecule has 0 aliphatic rings. The lowest BCUT2D eigenvalue weighted by Crippen LogP contribution is -2.10. The highest BCUT2D eigenvalue weighted by molar-refractivity contribution is 7.80. The van der Waals surface area contributed by atoms with Crippen molar-refractivity contribution in [1.29, 1.82) is 5.26 Å². The Hall–Kier alpha value is -1.66. The summed E-state index contributed by atoms with van der Waals surface area (Å²) < 4.78 is 0. The molecule has 0 saturated carbocycles. The molecule has 3 heteroatoms. The molecule has 0 spiro atoms. The number of hydrogen-bond donors (Lipinski definition) is 1. The van der Waals surface area contributed by atoms with Crippen LogP contribution in [-0.2, 0) is 0 Å². The average molecular weight is 230 g/mol. The summed E-state index contributed by atoms with van der Waals surface area (Å²) in [6.45, 7) is 6.08. The molecule has 0 unspecified atom stereocenters. The Balaban J connectivity index is 3.36. The van der Waals surface area contributed by atoms with Gasteiger partial charge >= 0.3 is 0 Å². The normalized spacial score (nSPS) is 11.0. The molecule has 0 bridgehead atoms. The van der Waals surface area contributed by atoms with E-state index in [4.69, 9.17) is 23.2 Å². The Labute approximate surface area is 101 Å². The van der Waals surface area contributed by atoms with Gasteiger partial charge in [0.1, 0.15) is 11.1 Å². The van der Waals surface area contributed by atoms with Gasteiger partial charge in [-0.1, -0.05) is 29.9 Å². The molecular weight excluding hydrogens is 216 g/mol. The van der Waals surface area contributed by atoms with Gasteiger partial charge in [0.15, 0.2) is 0 Å². The van der Waals surface area contributed by atoms with Gasteiger partial charge in [0.25, 0.3) is 0 Å². The number of nitrogens with zero attached hydrogens (tertiary/aromatic N) is 1. The van der Waals surface area contributed by atoms with Crippen LogP contribution in [0.25, 0.3) is 6.08 Å². The monoisotopic (exact) mass is 230 g/mol. The summed E-state index contributed by atoms with van der Waals surface area (Å²) in [6.07, 6.45) is 1.76. The van der Waals surface area contributed by atoms with E-state index in [0.717, 1.165) is 16.7 Å². The Bertz CT molecular complexity index is 484. The highest BCUT2D eigenvalue weighted by Gasteiger charge is 2.05. The number of hydrogen-bond acceptors (Lipinski definition) is 2. The molecule has 0 amide bonds. The summed E-state index contributed by atoms with van der Waals surface area (Å²) in [5.74, 6) is 0. The lowest BCUT2D eigenvalue weighted by atomic mass is 9.98. The van der Waals surface area contributed by atoms with Crippen LogP contribution in [0.15, 0.2) is 17.7 Å². The van der Waals surface area contributed by atoms with Crippen molar-refractivity contribution in [2.45, 2.75) is 20.8 Å². The van der Waals surface area contributed by atoms with Gasteiger partial charge in [0, 0.05) is 0 Å². The van der Waals surface area contributed by atoms with Gasteiger partial charge in [-0.25, -0.2) is 0 Å². The smallest absolute Gasteiger partial charge is 0.114 e. The van der Waals surface area contributed by atoms with Crippen molar-refractivity contribution >= 4 is 23.3 Å². The van der Waals surface area contributed by atoms with Crippen molar-refractivity contribution in [2.24, 2.45) is 5.73 Å². The number of benzene rings is 1. The van der Waals surface area contributed by atoms with Gasteiger partial charge in [0.05, 0.1) is 5.57 Å². The zero-order valence-electron chi connectivity index (χ0n) is 9.66. The van der Waals surface area contributed by atoms with Gasteiger partial charge < -0.3 is 5.73 Å². The van der Waals surface area contributed by atoms with E-state index in [-0.39, 0.29) is 4.99 Å². The van der Waals surface area contributed by atoms with Gasteiger partial charge in [-0.05, 0) is 43.5 Å². The highest BCUT2D eigenvalue weighted by Crippen LogP contribution is 2.19. The van der Waals surface area contributed by atoms with Crippen molar-refractivity contribution < 1.29 is 0 Å². The first-order chi connectivity index (χ1) is 7.45. The Morgan fingerprint density at radius 1 is 1.31 bits per heavy atom. The van der Waals surface area contributed by atoms with Crippen LogP contribution in [0, 0.1) is 32.1 Å². The van der Waals surface area contributed by atoms with Crippen molar-refractivity contribution in [3.8, 4) is 6.07 Å². The van der Waals surface area contributed by atoms with E-state index in [1.807, 2.05) is 26.8 Å². The van der Waals surface area contributed by atoms with E-state index in [0.29, 0.717) is 5.57 Å². The van der Waals surface area contributed by atoms with Crippen LogP contribution in [0.1, 0.15) is 22.3 Å². The third kappa shape index (κ3) is 2.68. The maximum Gasteiger partial charge on any atom is 0.114 e. The highest BCUT2D eigenvalue weighted by atomic mass is 32.1. The number of nitriles is 1. The molecule has 0 radical (unpaired) electrons. The first-order valence-electron chi connectivity index (χ1n) is 4.95. The van der Waals surface area contributed by atoms with Gasteiger partial charge in [-0.15, -0.1) is 0 Å². The maximum absolute atomic E-state index is 8.91. The molecule has 1 aromatic carbocycles. The van der Waals surface area contributed by atoms with Gasteiger partial charge in [0.2, 0.25) is 0 Å². The van der Waals surface area contributed by atoms with Crippen molar-refractivity contribution in [2.75, 3.05) is 0 Å². The Kier molecular flexibility index (Phi) is 3.81. The van der Waals surface area contributed by atoms with Crippen LogP contribution >= 0.6 is 12.2 Å². The van der Waals surface area contributed by atoms with Crippen LogP contribution in [0.3, 0.4) is 0 Å². The number of thiocarbonyl (C=S) groups is 1. The summed E-state index contributed by atoms with van der Waals surface area (Å²) in [5.41, 5.74) is 10.3. The topological polar surface area (TPSA) is 49.8 Å². The number of nitrogens with two attached hydrogens (primary N) is 1. The average Bonchev–Trinajstić information content (AvgIpc) is 2.15. The molecule has 0 saturated heterocycles. The Morgan fingerprint density at radius 3 is 2.19 bits per heavy atom. The second-order valence-electron chi connectivity index (χ2n) is 3.85. The predicted molar refractivity (Wildman–Crippen MR) is 71.0 cm³/mol. The first kappa shape index (κ1) is 12.4. The zero-order chi connectivity index (χ0) is 12.3. The number of aryl methyl sites for hydroxylation is 3. The first-order valence-corrected chi connectivity index (χ1v) is 5.36. The minimum atomic E-state index is 0.141. The van der Waals surface area contributed by atoms with Crippen molar-refractivity contribution in [3.63, 3.8) is 0 Å². The standard InChI is InChI=1S/C13H14N2S/c1-8-4-9(2)12(10(3)5-8)6-11(7-14)13(15)16/h4-6H,1-3H3,(H2,15,16)/b11-6+. The maximum atomic E-state index is 8.91. The summed E-state index contributed by atoms with van der Waals surface area (Å²) in [7, 11) is 0. The second kappa shape index (κ2) is 4.91. The molecule has 0 aliphatic heterocycles. The fraction of sp³-hybridized carbons (Fsp3) is 0.231. The van der Waals surface area contributed by atoms with Crippen LogP contribution in [-0.4, -0.2) is 4.99 Å². The number of rotatable bonds is 2. The lowest BCUT2D eigenvalue weighted by molar-refractivity contribution is 1.30. The van der Waals surface area contributed by atoms with E-state index in [1.165, 1.54) is 5.56 Å². The summed E-state index contributed by atoms with van der Waals surface area (Å²) in [6, 6.07) is 6.17. The minimum absolute atomic E-state index is 0.141. The summed E-state index contributed by atoms with van der Waals surface area (Å²) >= 11 is 4.81. The zero-order valence-corrected chi connectivity index (χ0v) is 10.5. The third-order valence-corrected chi connectivity index (χ3v) is 2.63. The van der Waals surface area contributed by atoms with E-state index in [9.17, 15) is 0 Å². The Morgan fingerprint density at radius 2 is 1.81 bits per heavy atom. The third-order valence-electron chi connectivity index (χ3n) is 2.41. The van der Waals surface area contributed by atoms with E-state index in [1.54, 1.807) is 6.08 Å². The molecule has 2 nitrogen and oxygen atoms in total. The molecule has 1 aromatic rings. The molecular formula is C13H14N2S. The van der Waals surface area contributed by atoms with E-state index < -0.39 is 0 Å². The van der Waals surface area contributed by atoms with Gasteiger partial charge in [-0.2, -0.15) is 5.26 Å². The molecule has 0 heterocycles. The second-order valence-corrected chi connectivity index (χ2v) is 4.29. The molecule has 0 aromatic heterocycles. The van der Waals surface area contributed by atoms with Crippen LogP contribution < -0.4 is 5.73 Å². The van der Waals surface area contributed by atoms with Crippen LogP contribution in [0.5, 0.6) is 0 Å². The molecule has 0 fully saturated rings. The quantitative estimate of drug-likeness (QED) is 0.483. The predicted octanol–water partition coefficient (Wildman–Crippen LogP) is 2.80. The van der Waals surface area contributed by atoms with E-state index >= 15 is 0 Å². The fourth-order valence-corrected chi connectivity index (χ4v) is 1.83.